The molecule has 0 radical (unpaired) electrons. The molecule has 1 aromatic heterocycles. The van der Waals surface area contributed by atoms with Gasteiger partial charge in [-0.2, -0.15) is 0 Å². The van der Waals surface area contributed by atoms with Gasteiger partial charge in [-0.1, -0.05) is 18.2 Å². The number of pyridine rings is 1. The van der Waals surface area contributed by atoms with Gasteiger partial charge in [-0.05, 0) is 54.5 Å². The molecule has 4 rings (SSSR count). The Balaban J connectivity index is 1.57. The summed E-state index contributed by atoms with van der Waals surface area (Å²) in [4.78, 5) is 29.0. The van der Waals surface area contributed by atoms with E-state index in [4.69, 9.17) is 10.5 Å². The molecule has 3 N–H and O–H groups in total. The van der Waals surface area contributed by atoms with Crippen molar-refractivity contribution in [2.24, 2.45) is 5.73 Å². The summed E-state index contributed by atoms with van der Waals surface area (Å²) in [5.41, 5.74) is 7.79. The summed E-state index contributed by atoms with van der Waals surface area (Å²) >= 11 is 0. The third-order valence-corrected chi connectivity index (χ3v) is 5.54. The third-order valence-electron chi connectivity index (χ3n) is 5.54. The van der Waals surface area contributed by atoms with E-state index >= 15 is 0 Å². The number of rotatable bonds is 7. The number of aromatic nitrogens is 1. The normalized spacial score (nSPS) is 21.1. The summed E-state index contributed by atoms with van der Waals surface area (Å²) in [6, 6.07) is 10.0. The zero-order valence-corrected chi connectivity index (χ0v) is 16.1. The summed E-state index contributed by atoms with van der Waals surface area (Å²) in [6.07, 6.45) is 3.32. The van der Waals surface area contributed by atoms with Crippen LogP contribution in [0.2, 0.25) is 0 Å². The van der Waals surface area contributed by atoms with Gasteiger partial charge in [-0.3, -0.25) is 9.59 Å². The van der Waals surface area contributed by atoms with E-state index in [2.05, 4.69) is 10.3 Å². The number of primary amides is 1. The third kappa shape index (κ3) is 4.62. The van der Waals surface area contributed by atoms with Crippen molar-refractivity contribution in [3.8, 4) is 0 Å². The Kier molecular flexibility index (Phi) is 5.32. The molecule has 1 aliphatic carbocycles. The van der Waals surface area contributed by atoms with E-state index in [0.29, 0.717) is 31.1 Å². The summed E-state index contributed by atoms with van der Waals surface area (Å²) in [5, 5.41) is 2.93. The van der Waals surface area contributed by atoms with Gasteiger partial charge in [0.15, 0.2) is 0 Å². The second-order valence-electron chi connectivity index (χ2n) is 7.99. The standard InChI is InChI=1S/C22H24FN3O3/c23-16-5-1-14(2-6-16)11-19-17(15-3-4-15)7-8-18(25-19)21(28)26-22(12-20(24)27)9-10-29-13-22/h1-2,5-8,15H,3-4,9-13H2,(H2,24,27)(H,26,28). The molecule has 1 saturated heterocycles. The molecule has 2 fully saturated rings. The molecule has 0 spiro atoms. The monoisotopic (exact) mass is 397 g/mol. The van der Waals surface area contributed by atoms with Crippen LogP contribution in [0.4, 0.5) is 4.39 Å². The molecule has 1 atom stereocenters. The number of amides is 2. The maximum Gasteiger partial charge on any atom is 0.270 e. The lowest BCUT2D eigenvalue weighted by molar-refractivity contribution is -0.119. The van der Waals surface area contributed by atoms with Crippen molar-refractivity contribution in [2.75, 3.05) is 13.2 Å². The second kappa shape index (κ2) is 7.91. The summed E-state index contributed by atoms with van der Waals surface area (Å²) in [5.74, 6) is -0.639. The predicted molar refractivity (Wildman–Crippen MR) is 105 cm³/mol. The Morgan fingerprint density at radius 1 is 1.21 bits per heavy atom. The van der Waals surface area contributed by atoms with Crippen molar-refractivity contribution in [2.45, 2.75) is 43.6 Å². The Bertz CT molecular complexity index is 919. The molecule has 29 heavy (non-hydrogen) atoms. The van der Waals surface area contributed by atoms with Crippen molar-refractivity contribution in [3.63, 3.8) is 0 Å². The molecule has 152 valence electrons. The SMILES string of the molecule is NC(=O)CC1(NC(=O)c2ccc(C3CC3)c(Cc3ccc(F)cc3)n2)CCOC1. The average Bonchev–Trinajstić information content (AvgIpc) is 3.43. The van der Waals surface area contributed by atoms with Gasteiger partial charge in [-0.25, -0.2) is 9.37 Å². The van der Waals surface area contributed by atoms with Gasteiger partial charge in [0.1, 0.15) is 11.5 Å². The number of nitrogens with one attached hydrogen (secondary N) is 1. The van der Waals surface area contributed by atoms with Gasteiger partial charge in [0.05, 0.1) is 18.6 Å². The van der Waals surface area contributed by atoms with Crippen LogP contribution in [0.1, 0.15) is 58.9 Å². The molecule has 1 unspecified atom stereocenters. The van der Waals surface area contributed by atoms with Gasteiger partial charge in [0, 0.05) is 18.7 Å². The molecule has 7 heteroatoms. The quantitative estimate of drug-likeness (QED) is 0.750. The molecule has 2 aliphatic rings. The zero-order valence-electron chi connectivity index (χ0n) is 16.1. The van der Waals surface area contributed by atoms with Gasteiger partial charge < -0.3 is 15.8 Å². The first-order valence-corrected chi connectivity index (χ1v) is 9.87. The van der Waals surface area contributed by atoms with Gasteiger partial charge >= 0.3 is 0 Å². The molecule has 1 aromatic carbocycles. The predicted octanol–water partition coefficient (Wildman–Crippen LogP) is 2.45. The van der Waals surface area contributed by atoms with Crippen molar-refractivity contribution in [1.29, 1.82) is 0 Å². The molecular weight excluding hydrogens is 373 g/mol. The van der Waals surface area contributed by atoms with Crippen molar-refractivity contribution in [3.05, 3.63) is 64.7 Å². The largest absolute Gasteiger partial charge is 0.379 e. The van der Waals surface area contributed by atoms with Crippen molar-refractivity contribution < 1.29 is 18.7 Å². The first-order valence-electron chi connectivity index (χ1n) is 9.87. The molecule has 6 nitrogen and oxygen atoms in total. The minimum absolute atomic E-state index is 0.0291. The zero-order chi connectivity index (χ0) is 20.4. The summed E-state index contributed by atoms with van der Waals surface area (Å²) < 4.78 is 18.6. The lowest BCUT2D eigenvalue weighted by Gasteiger charge is -2.27. The Morgan fingerprint density at radius 3 is 2.59 bits per heavy atom. The molecule has 2 amide bonds. The highest BCUT2D eigenvalue weighted by atomic mass is 19.1. The van der Waals surface area contributed by atoms with E-state index in [1.54, 1.807) is 18.2 Å². The molecule has 2 heterocycles. The van der Waals surface area contributed by atoms with Crippen molar-refractivity contribution in [1.82, 2.24) is 10.3 Å². The molecule has 0 bridgehead atoms. The number of carbonyl (C=O) groups is 2. The van der Waals surface area contributed by atoms with Gasteiger partial charge in [-0.15, -0.1) is 0 Å². The van der Waals surface area contributed by atoms with Crippen LogP contribution in [0.25, 0.3) is 0 Å². The topological polar surface area (TPSA) is 94.3 Å². The van der Waals surface area contributed by atoms with E-state index in [1.807, 2.05) is 6.07 Å². The molecule has 1 aliphatic heterocycles. The van der Waals surface area contributed by atoms with Crippen LogP contribution >= 0.6 is 0 Å². The Hall–Kier alpha value is -2.80. The van der Waals surface area contributed by atoms with E-state index in [0.717, 1.165) is 29.7 Å². The first kappa shape index (κ1) is 19.5. The number of hydrogen-bond acceptors (Lipinski definition) is 4. The van der Waals surface area contributed by atoms with Crippen LogP contribution in [0.3, 0.4) is 0 Å². The highest BCUT2D eigenvalue weighted by molar-refractivity contribution is 5.93. The maximum atomic E-state index is 13.2. The lowest BCUT2D eigenvalue weighted by atomic mass is 9.93. The number of carbonyl (C=O) groups excluding carboxylic acids is 2. The highest BCUT2D eigenvalue weighted by Crippen LogP contribution is 2.41. The second-order valence-corrected chi connectivity index (χ2v) is 7.99. The number of hydrogen-bond donors (Lipinski definition) is 2. The summed E-state index contributed by atoms with van der Waals surface area (Å²) in [6.45, 7) is 0.724. The Morgan fingerprint density at radius 2 is 1.97 bits per heavy atom. The fourth-order valence-electron chi connectivity index (χ4n) is 3.87. The minimum atomic E-state index is -0.781. The molecular formula is C22H24FN3O3. The fraction of sp³-hybridized carbons (Fsp3) is 0.409. The fourth-order valence-corrected chi connectivity index (χ4v) is 3.87. The van der Waals surface area contributed by atoms with E-state index in [-0.39, 0.29) is 24.8 Å². The number of ether oxygens (including phenoxy) is 1. The smallest absolute Gasteiger partial charge is 0.270 e. The first-order chi connectivity index (χ1) is 13.9. The average molecular weight is 397 g/mol. The summed E-state index contributed by atoms with van der Waals surface area (Å²) in [7, 11) is 0. The number of benzene rings is 1. The van der Waals surface area contributed by atoms with Crippen molar-refractivity contribution >= 4 is 11.8 Å². The Labute approximate surface area is 168 Å². The van der Waals surface area contributed by atoms with Crippen LogP contribution in [0.5, 0.6) is 0 Å². The lowest BCUT2D eigenvalue weighted by Crippen LogP contribution is -2.51. The maximum absolute atomic E-state index is 13.2. The molecule has 1 saturated carbocycles. The highest BCUT2D eigenvalue weighted by Gasteiger charge is 2.38. The van der Waals surface area contributed by atoms with E-state index in [1.165, 1.54) is 12.1 Å². The van der Waals surface area contributed by atoms with Gasteiger partial charge in [0.25, 0.3) is 5.91 Å². The minimum Gasteiger partial charge on any atom is -0.379 e. The van der Waals surface area contributed by atoms with Crippen LogP contribution < -0.4 is 11.1 Å². The van der Waals surface area contributed by atoms with E-state index < -0.39 is 11.4 Å². The van der Waals surface area contributed by atoms with Crippen LogP contribution in [0, 0.1) is 5.82 Å². The number of halogens is 1. The van der Waals surface area contributed by atoms with E-state index in [9.17, 15) is 14.0 Å². The van der Waals surface area contributed by atoms with Crippen LogP contribution in [-0.2, 0) is 16.0 Å². The number of nitrogens with two attached hydrogens (primary N) is 1. The van der Waals surface area contributed by atoms with Crippen LogP contribution in [0.15, 0.2) is 36.4 Å². The molecule has 2 aromatic rings. The van der Waals surface area contributed by atoms with Crippen LogP contribution in [-0.4, -0.2) is 35.6 Å². The van der Waals surface area contributed by atoms with Gasteiger partial charge in [0.2, 0.25) is 5.91 Å². The number of nitrogens with zero attached hydrogens (tertiary/aromatic N) is 1.